The fourth-order valence-electron chi connectivity index (χ4n) is 1.42. The Morgan fingerprint density at radius 2 is 2.12 bits per heavy atom. The molecule has 0 atom stereocenters. The van der Waals surface area contributed by atoms with Crippen molar-refractivity contribution in [3.8, 4) is 0 Å². The molecule has 17 heavy (non-hydrogen) atoms. The highest BCUT2D eigenvalue weighted by molar-refractivity contribution is 5.96. The van der Waals surface area contributed by atoms with Gasteiger partial charge in [0, 0.05) is 24.2 Å². The number of carboxylic acid groups (broad SMARTS) is 1. The number of carbonyl (C=O) groups excluding carboxylic acids is 1. The largest absolute Gasteiger partial charge is 0.481 e. The van der Waals surface area contributed by atoms with Crippen LogP contribution in [0.3, 0.4) is 0 Å². The van der Waals surface area contributed by atoms with Crippen LogP contribution in [0.5, 0.6) is 0 Å². The minimum absolute atomic E-state index is 0.0518. The van der Waals surface area contributed by atoms with Gasteiger partial charge in [-0.05, 0) is 31.0 Å². The minimum atomic E-state index is -0.862. The van der Waals surface area contributed by atoms with Crippen LogP contribution in [0, 0.1) is 6.92 Å². The zero-order valence-electron chi connectivity index (χ0n) is 9.69. The first-order valence-corrected chi connectivity index (χ1v) is 5.37. The van der Waals surface area contributed by atoms with Crippen molar-refractivity contribution in [2.24, 2.45) is 0 Å². The third kappa shape index (κ3) is 4.14. The lowest BCUT2D eigenvalue weighted by molar-refractivity contribution is -0.137. The van der Waals surface area contributed by atoms with E-state index in [4.69, 9.17) is 10.8 Å². The number of hydrogen-bond acceptors (Lipinski definition) is 3. The predicted octanol–water partition coefficient (Wildman–Crippen LogP) is 1.17. The van der Waals surface area contributed by atoms with Crippen LogP contribution in [-0.4, -0.2) is 23.5 Å². The first-order valence-electron chi connectivity index (χ1n) is 5.37. The quantitative estimate of drug-likeness (QED) is 0.528. The number of carbonyl (C=O) groups is 2. The maximum Gasteiger partial charge on any atom is 0.303 e. The highest BCUT2D eigenvalue weighted by Crippen LogP contribution is 2.12. The summed E-state index contributed by atoms with van der Waals surface area (Å²) in [5.74, 6) is -1.08. The van der Waals surface area contributed by atoms with Gasteiger partial charge < -0.3 is 16.2 Å². The summed E-state index contributed by atoms with van der Waals surface area (Å²) >= 11 is 0. The molecule has 5 heteroatoms. The average Bonchev–Trinajstić information content (AvgIpc) is 2.27. The van der Waals surface area contributed by atoms with Gasteiger partial charge in [0.05, 0.1) is 0 Å². The Hall–Kier alpha value is -2.04. The molecular formula is C12H16N2O3. The molecule has 0 saturated heterocycles. The number of aryl methyl sites for hydroxylation is 1. The molecule has 0 unspecified atom stereocenters. The third-order valence-electron chi connectivity index (χ3n) is 2.36. The van der Waals surface area contributed by atoms with Crippen molar-refractivity contribution >= 4 is 17.6 Å². The summed E-state index contributed by atoms with van der Waals surface area (Å²) < 4.78 is 0. The summed E-state index contributed by atoms with van der Waals surface area (Å²) in [5, 5.41) is 11.1. The molecule has 0 fully saturated rings. The second kappa shape index (κ2) is 5.89. The van der Waals surface area contributed by atoms with Crippen molar-refractivity contribution < 1.29 is 14.7 Å². The lowest BCUT2D eigenvalue weighted by atomic mass is 10.1. The Balaban J connectivity index is 2.52. The lowest BCUT2D eigenvalue weighted by Crippen LogP contribution is -2.25. The predicted molar refractivity (Wildman–Crippen MR) is 64.8 cm³/mol. The van der Waals surface area contributed by atoms with E-state index in [1.807, 2.05) is 6.92 Å². The van der Waals surface area contributed by atoms with E-state index >= 15 is 0 Å². The molecule has 92 valence electrons. The van der Waals surface area contributed by atoms with Crippen molar-refractivity contribution in [3.05, 3.63) is 29.3 Å². The standard InChI is InChI=1S/C12H16N2O3/c1-8-4-5-9(13)7-10(8)12(17)14-6-2-3-11(15)16/h4-5,7H,2-3,6,13H2,1H3,(H,14,17)(H,15,16). The number of nitrogens with two attached hydrogens (primary N) is 1. The number of nitrogen functional groups attached to an aromatic ring is 1. The first-order chi connectivity index (χ1) is 8.00. The molecule has 1 rings (SSSR count). The van der Waals surface area contributed by atoms with Gasteiger partial charge in [0.25, 0.3) is 5.91 Å². The van der Waals surface area contributed by atoms with Crippen molar-refractivity contribution in [3.63, 3.8) is 0 Å². The Morgan fingerprint density at radius 3 is 2.76 bits per heavy atom. The molecule has 4 N–H and O–H groups in total. The van der Waals surface area contributed by atoms with E-state index < -0.39 is 5.97 Å². The molecule has 1 aromatic rings. The number of carboxylic acids is 1. The molecule has 1 amide bonds. The van der Waals surface area contributed by atoms with Crippen LogP contribution in [0.15, 0.2) is 18.2 Å². The SMILES string of the molecule is Cc1ccc(N)cc1C(=O)NCCCC(=O)O. The molecule has 5 nitrogen and oxygen atoms in total. The van der Waals surface area contributed by atoms with Gasteiger partial charge in [-0.25, -0.2) is 0 Å². The summed E-state index contributed by atoms with van der Waals surface area (Å²) in [5.41, 5.74) is 7.51. The minimum Gasteiger partial charge on any atom is -0.481 e. The fraction of sp³-hybridized carbons (Fsp3) is 0.333. The second-order valence-electron chi connectivity index (χ2n) is 3.83. The highest BCUT2D eigenvalue weighted by Gasteiger charge is 2.08. The summed E-state index contributed by atoms with van der Waals surface area (Å²) in [7, 11) is 0. The van der Waals surface area contributed by atoms with Gasteiger partial charge in [-0.1, -0.05) is 6.07 Å². The Bertz CT molecular complexity index is 430. The molecule has 0 aliphatic heterocycles. The van der Waals surface area contributed by atoms with E-state index in [-0.39, 0.29) is 12.3 Å². The Labute approximate surface area is 99.6 Å². The maximum absolute atomic E-state index is 11.7. The molecule has 0 aliphatic carbocycles. The molecule has 0 heterocycles. The number of amides is 1. The first kappa shape index (κ1) is 13.0. The topological polar surface area (TPSA) is 92.4 Å². The fourth-order valence-corrected chi connectivity index (χ4v) is 1.42. The average molecular weight is 236 g/mol. The number of rotatable bonds is 5. The van der Waals surface area contributed by atoms with E-state index in [2.05, 4.69) is 5.32 Å². The zero-order chi connectivity index (χ0) is 12.8. The zero-order valence-corrected chi connectivity index (χ0v) is 9.69. The third-order valence-corrected chi connectivity index (χ3v) is 2.36. The highest BCUT2D eigenvalue weighted by atomic mass is 16.4. The van der Waals surface area contributed by atoms with Gasteiger partial charge in [-0.3, -0.25) is 9.59 Å². The molecular weight excluding hydrogens is 220 g/mol. The Kier molecular flexibility index (Phi) is 4.51. The van der Waals surface area contributed by atoms with E-state index in [1.165, 1.54) is 0 Å². The summed E-state index contributed by atoms with van der Waals surface area (Å²) in [6.07, 6.45) is 0.471. The molecule has 0 spiro atoms. The molecule has 0 bridgehead atoms. The van der Waals surface area contributed by atoms with Crippen LogP contribution in [0.1, 0.15) is 28.8 Å². The van der Waals surface area contributed by atoms with Gasteiger partial charge in [0.2, 0.25) is 0 Å². The van der Waals surface area contributed by atoms with Gasteiger partial charge in [-0.15, -0.1) is 0 Å². The van der Waals surface area contributed by atoms with E-state index in [1.54, 1.807) is 18.2 Å². The number of anilines is 1. The van der Waals surface area contributed by atoms with Crippen LogP contribution in [0.2, 0.25) is 0 Å². The summed E-state index contributed by atoms with van der Waals surface area (Å²) in [4.78, 5) is 22.0. The molecule has 0 aromatic heterocycles. The van der Waals surface area contributed by atoms with Gasteiger partial charge >= 0.3 is 5.97 Å². The maximum atomic E-state index is 11.7. The normalized spacial score (nSPS) is 9.94. The van der Waals surface area contributed by atoms with Crippen molar-refractivity contribution in [1.82, 2.24) is 5.32 Å². The van der Waals surface area contributed by atoms with Crippen molar-refractivity contribution in [2.75, 3.05) is 12.3 Å². The van der Waals surface area contributed by atoms with E-state index in [0.29, 0.717) is 24.2 Å². The van der Waals surface area contributed by atoms with Crippen LogP contribution in [0.4, 0.5) is 5.69 Å². The van der Waals surface area contributed by atoms with E-state index in [0.717, 1.165) is 5.56 Å². The van der Waals surface area contributed by atoms with Crippen molar-refractivity contribution in [2.45, 2.75) is 19.8 Å². The number of benzene rings is 1. The number of aliphatic carboxylic acids is 1. The van der Waals surface area contributed by atoms with Gasteiger partial charge in [0.15, 0.2) is 0 Å². The Morgan fingerprint density at radius 1 is 1.41 bits per heavy atom. The summed E-state index contributed by atoms with van der Waals surface area (Å²) in [6.45, 7) is 2.17. The smallest absolute Gasteiger partial charge is 0.303 e. The van der Waals surface area contributed by atoms with Gasteiger partial charge in [-0.2, -0.15) is 0 Å². The molecule has 0 radical (unpaired) electrons. The number of nitrogens with one attached hydrogen (secondary N) is 1. The molecule has 0 saturated carbocycles. The van der Waals surface area contributed by atoms with Crippen LogP contribution in [-0.2, 0) is 4.79 Å². The van der Waals surface area contributed by atoms with Crippen LogP contribution < -0.4 is 11.1 Å². The van der Waals surface area contributed by atoms with Crippen LogP contribution in [0.25, 0.3) is 0 Å². The van der Waals surface area contributed by atoms with Gasteiger partial charge in [0.1, 0.15) is 0 Å². The molecule has 1 aromatic carbocycles. The lowest BCUT2D eigenvalue weighted by Gasteiger charge is -2.07. The molecule has 0 aliphatic rings. The van der Waals surface area contributed by atoms with Crippen molar-refractivity contribution in [1.29, 1.82) is 0 Å². The monoisotopic (exact) mass is 236 g/mol. The number of hydrogen-bond donors (Lipinski definition) is 3. The van der Waals surface area contributed by atoms with E-state index in [9.17, 15) is 9.59 Å². The summed E-state index contributed by atoms with van der Waals surface area (Å²) in [6, 6.07) is 5.12. The van der Waals surface area contributed by atoms with Crippen LogP contribution >= 0.6 is 0 Å². The second-order valence-corrected chi connectivity index (χ2v) is 3.83.